The van der Waals surface area contributed by atoms with Gasteiger partial charge in [0.1, 0.15) is 22.3 Å². The Labute approximate surface area is 210 Å². The average Bonchev–Trinajstić information content (AvgIpc) is 3.19. The van der Waals surface area contributed by atoms with Gasteiger partial charge < -0.3 is 20.5 Å². The van der Waals surface area contributed by atoms with Crippen molar-refractivity contribution in [1.82, 2.24) is 29.7 Å². The third-order valence-electron chi connectivity index (χ3n) is 5.08. The number of nitrogens with one attached hydrogen (secondary N) is 1. The molecule has 0 unspecified atom stereocenters. The SMILES string of the molecule is C[C@@H](CCNc1cc(Cl)ncc1-c1cc(OC(F)F)ccn1)Oc1c(-c2nccc(N)n2)cnn1C. The maximum Gasteiger partial charge on any atom is 0.387 e. The molecule has 0 aliphatic carbocycles. The molecule has 0 amide bonds. The summed E-state index contributed by atoms with van der Waals surface area (Å²) < 4.78 is 37.5. The molecule has 0 radical (unpaired) electrons. The molecule has 0 fully saturated rings. The van der Waals surface area contributed by atoms with Crippen LogP contribution < -0.4 is 20.5 Å². The first-order valence-corrected chi connectivity index (χ1v) is 11.3. The Kier molecular flexibility index (Phi) is 7.74. The van der Waals surface area contributed by atoms with E-state index < -0.39 is 6.61 Å². The van der Waals surface area contributed by atoms with Gasteiger partial charge in [-0.25, -0.2) is 19.6 Å². The average molecular weight is 517 g/mol. The minimum absolute atomic E-state index is 0.00550. The van der Waals surface area contributed by atoms with Crippen LogP contribution in [0, 0.1) is 0 Å². The number of rotatable bonds is 10. The van der Waals surface area contributed by atoms with E-state index in [1.165, 1.54) is 24.5 Å². The van der Waals surface area contributed by atoms with E-state index in [4.69, 9.17) is 22.1 Å². The number of pyridine rings is 2. The molecule has 0 aliphatic heterocycles. The largest absolute Gasteiger partial charge is 0.474 e. The van der Waals surface area contributed by atoms with Gasteiger partial charge in [-0.15, -0.1) is 0 Å². The van der Waals surface area contributed by atoms with Crippen LogP contribution in [0.25, 0.3) is 22.6 Å². The summed E-state index contributed by atoms with van der Waals surface area (Å²) in [5.41, 5.74) is 8.04. The van der Waals surface area contributed by atoms with Crippen molar-refractivity contribution in [3.63, 3.8) is 0 Å². The van der Waals surface area contributed by atoms with E-state index in [0.29, 0.717) is 53.0 Å². The highest BCUT2D eigenvalue weighted by molar-refractivity contribution is 6.29. The molecule has 0 saturated heterocycles. The minimum atomic E-state index is -2.94. The fraction of sp³-hybridized carbons (Fsp3) is 0.261. The smallest absolute Gasteiger partial charge is 0.387 e. The van der Waals surface area contributed by atoms with E-state index in [1.807, 2.05) is 6.92 Å². The van der Waals surface area contributed by atoms with E-state index in [2.05, 4.69) is 35.1 Å². The van der Waals surface area contributed by atoms with Crippen LogP contribution in [0.4, 0.5) is 20.3 Å². The molecule has 0 aliphatic rings. The van der Waals surface area contributed by atoms with Gasteiger partial charge >= 0.3 is 6.61 Å². The van der Waals surface area contributed by atoms with Gasteiger partial charge in [0.25, 0.3) is 0 Å². The lowest BCUT2D eigenvalue weighted by molar-refractivity contribution is -0.0498. The minimum Gasteiger partial charge on any atom is -0.474 e. The molecule has 188 valence electrons. The van der Waals surface area contributed by atoms with Crippen LogP contribution in [-0.4, -0.2) is 49.0 Å². The molecule has 0 saturated carbocycles. The van der Waals surface area contributed by atoms with Crippen molar-refractivity contribution in [2.45, 2.75) is 26.1 Å². The Morgan fingerprint density at radius 3 is 2.67 bits per heavy atom. The molecule has 36 heavy (non-hydrogen) atoms. The quantitative estimate of drug-likeness (QED) is 0.294. The van der Waals surface area contributed by atoms with Crippen molar-refractivity contribution in [3.05, 3.63) is 54.2 Å². The molecule has 10 nitrogen and oxygen atoms in total. The number of hydrogen-bond donors (Lipinski definition) is 2. The van der Waals surface area contributed by atoms with Crippen LogP contribution in [0.15, 0.2) is 49.1 Å². The van der Waals surface area contributed by atoms with Gasteiger partial charge in [0.05, 0.1) is 18.0 Å². The third kappa shape index (κ3) is 6.13. The number of aryl methyl sites for hydroxylation is 1. The maximum atomic E-state index is 12.6. The lowest BCUT2D eigenvalue weighted by Gasteiger charge is -2.17. The Balaban J connectivity index is 1.44. The summed E-state index contributed by atoms with van der Waals surface area (Å²) in [6, 6.07) is 6.01. The fourth-order valence-electron chi connectivity index (χ4n) is 3.40. The highest BCUT2D eigenvalue weighted by atomic mass is 35.5. The van der Waals surface area contributed by atoms with Gasteiger partial charge in [0.15, 0.2) is 5.82 Å². The predicted octanol–water partition coefficient (Wildman–Crippen LogP) is 4.44. The van der Waals surface area contributed by atoms with Crippen LogP contribution in [0.2, 0.25) is 5.15 Å². The van der Waals surface area contributed by atoms with E-state index in [0.717, 1.165) is 0 Å². The van der Waals surface area contributed by atoms with E-state index in [9.17, 15) is 8.78 Å². The zero-order chi connectivity index (χ0) is 25.7. The lowest BCUT2D eigenvalue weighted by Crippen LogP contribution is -2.19. The molecule has 0 bridgehead atoms. The zero-order valence-electron chi connectivity index (χ0n) is 19.4. The highest BCUT2D eigenvalue weighted by Crippen LogP contribution is 2.31. The number of anilines is 2. The van der Waals surface area contributed by atoms with Gasteiger partial charge in [-0.1, -0.05) is 11.6 Å². The molecule has 0 spiro atoms. The van der Waals surface area contributed by atoms with Crippen LogP contribution in [-0.2, 0) is 7.05 Å². The van der Waals surface area contributed by atoms with Gasteiger partial charge in [-0.2, -0.15) is 13.9 Å². The Hall–Kier alpha value is -4.06. The van der Waals surface area contributed by atoms with Gasteiger partial charge in [0.2, 0.25) is 5.88 Å². The monoisotopic (exact) mass is 516 g/mol. The second-order valence-corrected chi connectivity index (χ2v) is 8.13. The third-order valence-corrected chi connectivity index (χ3v) is 5.29. The van der Waals surface area contributed by atoms with Crippen molar-refractivity contribution in [2.24, 2.45) is 7.05 Å². The number of nitrogens with two attached hydrogens (primary N) is 1. The van der Waals surface area contributed by atoms with Crippen molar-refractivity contribution in [1.29, 1.82) is 0 Å². The first kappa shape index (κ1) is 25.0. The van der Waals surface area contributed by atoms with E-state index in [1.54, 1.807) is 36.3 Å². The molecular formula is C23H23ClF2N8O2. The lowest BCUT2D eigenvalue weighted by atomic mass is 10.1. The normalized spacial score (nSPS) is 11.9. The second kappa shape index (κ2) is 11.1. The Morgan fingerprint density at radius 1 is 1.08 bits per heavy atom. The van der Waals surface area contributed by atoms with Gasteiger partial charge in [-0.05, 0) is 25.1 Å². The molecule has 4 heterocycles. The Morgan fingerprint density at radius 2 is 1.89 bits per heavy atom. The maximum absolute atomic E-state index is 12.6. The van der Waals surface area contributed by atoms with Crippen LogP contribution in [0.5, 0.6) is 11.6 Å². The number of ether oxygens (including phenoxy) is 2. The number of halogens is 3. The molecule has 1 atom stereocenters. The van der Waals surface area contributed by atoms with Crippen molar-refractivity contribution >= 4 is 23.1 Å². The molecule has 0 aromatic carbocycles. The van der Waals surface area contributed by atoms with Crippen LogP contribution >= 0.6 is 11.6 Å². The molecule has 4 rings (SSSR count). The van der Waals surface area contributed by atoms with E-state index >= 15 is 0 Å². The van der Waals surface area contributed by atoms with Crippen molar-refractivity contribution < 1.29 is 18.3 Å². The Bertz CT molecular complexity index is 1340. The van der Waals surface area contributed by atoms with Crippen LogP contribution in [0.3, 0.4) is 0 Å². The first-order chi connectivity index (χ1) is 17.3. The molecule has 13 heteroatoms. The van der Waals surface area contributed by atoms with Crippen LogP contribution in [0.1, 0.15) is 13.3 Å². The second-order valence-electron chi connectivity index (χ2n) is 7.74. The summed E-state index contributed by atoms with van der Waals surface area (Å²) in [6.07, 6.45) is 6.49. The standard InChI is InChI=1S/C23H23ClF2N8O2/c1-13(35-22-16(12-32-34(22)2)21-30-8-5-20(27)33-21)3-6-28-18-10-19(24)31-11-15(18)17-9-14(4-7-29-17)36-23(25)26/h4-5,7-13,23H,3,6H2,1-2H3,(H,28,31)(H2,27,30,33)/t13-/m0/s1. The summed E-state index contributed by atoms with van der Waals surface area (Å²) in [7, 11) is 1.76. The number of nitrogens with zero attached hydrogens (tertiary/aromatic N) is 6. The summed E-state index contributed by atoms with van der Waals surface area (Å²) >= 11 is 6.09. The first-order valence-electron chi connectivity index (χ1n) is 10.9. The molecule has 3 N–H and O–H groups in total. The summed E-state index contributed by atoms with van der Waals surface area (Å²) in [5, 5.41) is 7.82. The topological polar surface area (TPSA) is 126 Å². The summed E-state index contributed by atoms with van der Waals surface area (Å²) in [5.74, 6) is 1.28. The molecule has 4 aromatic rings. The van der Waals surface area contributed by atoms with Crippen molar-refractivity contribution in [3.8, 4) is 34.3 Å². The summed E-state index contributed by atoms with van der Waals surface area (Å²) in [6.45, 7) is -0.511. The number of alkyl halides is 2. The predicted molar refractivity (Wildman–Crippen MR) is 131 cm³/mol. The van der Waals surface area contributed by atoms with Gasteiger partial charge in [0, 0.05) is 55.9 Å². The van der Waals surface area contributed by atoms with Gasteiger partial charge in [-0.3, -0.25) is 4.98 Å². The molecular weight excluding hydrogens is 494 g/mol. The zero-order valence-corrected chi connectivity index (χ0v) is 20.2. The summed E-state index contributed by atoms with van der Waals surface area (Å²) in [4.78, 5) is 16.8. The molecule has 4 aromatic heterocycles. The number of nitrogen functional groups attached to an aromatic ring is 1. The number of hydrogen-bond acceptors (Lipinski definition) is 9. The highest BCUT2D eigenvalue weighted by Gasteiger charge is 2.18. The van der Waals surface area contributed by atoms with Crippen molar-refractivity contribution in [2.75, 3.05) is 17.6 Å². The van der Waals surface area contributed by atoms with E-state index in [-0.39, 0.29) is 17.0 Å². The fourth-order valence-corrected chi connectivity index (χ4v) is 3.55. The number of aromatic nitrogens is 6.